The molecule has 1 saturated heterocycles. The fraction of sp³-hybridized carbons (Fsp3) is 0.467. The van der Waals surface area contributed by atoms with E-state index in [1.807, 2.05) is 12.1 Å². The fourth-order valence-electron chi connectivity index (χ4n) is 2.81. The predicted molar refractivity (Wildman–Crippen MR) is 86.6 cm³/mol. The highest BCUT2D eigenvalue weighted by Crippen LogP contribution is 2.31. The third kappa shape index (κ3) is 2.87. The number of carbonyl (C=O) groups is 1. The zero-order valence-electron chi connectivity index (χ0n) is 12.1. The van der Waals surface area contributed by atoms with E-state index in [4.69, 9.17) is 5.73 Å². The summed E-state index contributed by atoms with van der Waals surface area (Å²) in [5, 5.41) is 3.89. The molecule has 3 heterocycles. The van der Waals surface area contributed by atoms with Crippen molar-refractivity contribution in [2.75, 3.05) is 25.9 Å². The number of hydrogen-bond donors (Lipinski definition) is 2. The number of nitrogens with zero attached hydrogens (tertiary/aromatic N) is 2. The van der Waals surface area contributed by atoms with Crippen LogP contribution in [-0.2, 0) is 0 Å². The molecule has 0 saturated carbocycles. The van der Waals surface area contributed by atoms with E-state index in [0.717, 1.165) is 23.2 Å². The monoisotopic (exact) mass is 304 g/mol. The molecule has 2 aromatic heterocycles. The van der Waals surface area contributed by atoms with Gasteiger partial charge in [0, 0.05) is 24.2 Å². The molecule has 1 atom stereocenters. The van der Waals surface area contributed by atoms with Crippen molar-refractivity contribution in [3.8, 4) is 0 Å². The van der Waals surface area contributed by atoms with Gasteiger partial charge in [0.1, 0.15) is 9.71 Å². The van der Waals surface area contributed by atoms with Gasteiger partial charge in [-0.1, -0.05) is 6.42 Å². The van der Waals surface area contributed by atoms with Gasteiger partial charge >= 0.3 is 0 Å². The normalized spacial score (nSPS) is 19.8. The summed E-state index contributed by atoms with van der Waals surface area (Å²) in [6.07, 6.45) is 5.34. The number of nitrogens with two attached hydrogens (primary N) is 1. The molecular weight excluding hydrogens is 284 g/mol. The Kier molecular flexibility index (Phi) is 4.07. The number of pyridine rings is 1. The standard InChI is InChI=1S/C15H20N4OS/c1-19-8-3-2-5-10(19)9-18-14(20)13-12(16)11-6-4-7-17-15(11)21-13/h4,6-7,10H,2-3,5,8-9,16H2,1H3,(H,18,20). The van der Waals surface area contributed by atoms with Crippen LogP contribution in [0.3, 0.4) is 0 Å². The van der Waals surface area contributed by atoms with E-state index in [9.17, 15) is 4.79 Å². The average molecular weight is 304 g/mol. The molecule has 1 aliphatic rings. The van der Waals surface area contributed by atoms with E-state index in [1.165, 1.54) is 24.2 Å². The number of rotatable bonds is 3. The molecule has 3 N–H and O–H groups in total. The smallest absolute Gasteiger partial charge is 0.263 e. The highest BCUT2D eigenvalue weighted by molar-refractivity contribution is 7.21. The Balaban J connectivity index is 1.70. The summed E-state index contributed by atoms with van der Waals surface area (Å²) < 4.78 is 0. The van der Waals surface area contributed by atoms with E-state index in [0.29, 0.717) is 23.2 Å². The van der Waals surface area contributed by atoms with E-state index in [1.54, 1.807) is 6.20 Å². The molecular formula is C15H20N4OS. The van der Waals surface area contributed by atoms with Crippen LogP contribution in [0.5, 0.6) is 0 Å². The Morgan fingerprint density at radius 1 is 1.57 bits per heavy atom. The summed E-state index contributed by atoms with van der Waals surface area (Å²) in [6.45, 7) is 1.78. The van der Waals surface area contributed by atoms with Crippen LogP contribution >= 0.6 is 11.3 Å². The van der Waals surface area contributed by atoms with Crippen molar-refractivity contribution in [3.05, 3.63) is 23.2 Å². The highest BCUT2D eigenvalue weighted by Gasteiger charge is 2.21. The number of fused-ring (bicyclic) bond motifs is 1. The van der Waals surface area contributed by atoms with Gasteiger partial charge in [-0.15, -0.1) is 11.3 Å². The highest BCUT2D eigenvalue weighted by atomic mass is 32.1. The van der Waals surface area contributed by atoms with Gasteiger partial charge in [-0.25, -0.2) is 4.98 Å². The Hall–Kier alpha value is -1.66. The van der Waals surface area contributed by atoms with E-state index in [2.05, 4.69) is 22.2 Å². The summed E-state index contributed by atoms with van der Waals surface area (Å²) in [7, 11) is 2.12. The summed E-state index contributed by atoms with van der Waals surface area (Å²) in [6, 6.07) is 4.17. The summed E-state index contributed by atoms with van der Waals surface area (Å²) in [4.78, 5) is 20.3. The van der Waals surface area contributed by atoms with Gasteiger partial charge in [-0.05, 0) is 38.6 Å². The number of nitrogen functional groups attached to an aromatic ring is 1. The van der Waals surface area contributed by atoms with Gasteiger partial charge in [0.05, 0.1) is 5.69 Å². The van der Waals surface area contributed by atoms with Gasteiger partial charge in [-0.3, -0.25) is 4.79 Å². The maximum Gasteiger partial charge on any atom is 0.263 e. The first kappa shape index (κ1) is 14.3. The minimum Gasteiger partial charge on any atom is -0.397 e. The quantitative estimate of drug-likeness (QED) is 0.911. The maximum absolute atomic E-state index is 12.4. The van der Waals surface area contributed by atoms with Crippen LogP contribution in [0.15, 0.2) is 18.3 Å². The number of carbonyl (C=O) groups excluding carboxylic acids is 1. The second-order valence-electron chi connectivity index (χ2n) is 5.54. The van der Waals surface area contributed by atoms with Crippen molar-refractivity contribution in [2.24, 2.45) is 0 Å². The molecule has 1 fully saturated rings. The SMILES string of the molecule is CN1CCCCC1CNC(=O)c1sc2ncccc2c1N. The maximum atomic E-state index is 12.4. The van der Waals surface area contributed by atoms with Crippen molar-refractivity contribution in [1.82, 2.24) is 15.2 Å². The molecule has 1 amide bonds. The van der Waals surface area contributed by atoms with Gasteiger partial charge in [0.15, 0.2) is 0 Å². The van der Waals surface area contributed by atoms with Crippen LogP contribution in [0.25, 0.3) is 10.2 Å². The van der Waals surface area contributed by atoms with Crippen LogP contribution in [0.2, 0.25) is 0 Å². The van der Waals surface area contributed by atoms with Crippen LogP contribution in [0.1, 0.15) is 28.9 Å². The molecule has 0 spiro atoms. The van der Waals surface area contributed by atoms with E-state index < -0.39 is 0 Å². The number of nitrogens with one attached hydrogen (secondary N) is 1. The lowest BCUT2D eigenvalue weighted by Crippen LogP contribution is -2.44. The first-order chi connectivity index (χ1) is 10.2. The van der Waals surface area contributed by atoms with Crippen molar-refractivity contribution < 1.29 is 4.79 Å². The number of piperidine rings is 1. The second kappa shape index (κ2) is 5.99. The largest absolute Gasteiger partial charge is 0.397 e. The van der Waals surface area contributed by atoms with Crippen LogP contribution in [0.4, 0.5) is 5.69 Å². The molecule has 5 nitrogen and oxygen atoms in total. The molecule has 0 bridgehead atoms. The molecule has 0 radical (unpaired) electrons. The third-order valence-electron chi connectivity index (χ3n) is 4.13. The molecule has 3 rings (SSSR count). The number of likely N-dealkylation sites (N-methyl/N-ethyl adjacent to an activating group) is 1. The van der Waals surface area contributed by atoms with Gasteiger partial charge < -0.3 is 16.0 Å². The molecule has 1 unspecified atom stereocenters. The minimum atomic E-state index is -0.0885. The zero-order chi connectivity index (χ0) is 14.8. The van der Waals surface area contributed by atoms with Crippen LogP contribution in [0, 0.1) is 0 Å². The number of aromatic nitrogens is 1. The molecule has 0 aromatic carbocycles. The molecule has 2 aromatic rings. The first-order valence-electron chi connectivity index (χ1n) is 7.28. The first-order valence-corrected chi connectivity index (χ1v) is 8.10. The lowest BCUT2D eigenvalue weighted by molar-refractivity contribution is 0.0933. The molecule has 0 aliphatic carbocycles. The number of likely N-dealkylation sites (tertiary alicyclic amines) is 1. The summed E-state index contributed by atoms with van der Waals surface area (Å²) in [5.74, 6) is -0.0885. The van der Waals surface area contributed by atoms with Crippen LogP contribution < -0.4 is 11.1 Å². The molecule has 21 heavy (non-hydrogen) atoms. The molecule has 6 heteroatoms. The molecule has 112 valence electrons. The number of amides is 1. The number of hydrogen-bond acceptors (Lipinski definition) is 5. The van der Waals surface area contributed by atoms with E-state index in [-0.39, 0.29) is 5.91 Å². The number of thiophene rings is 1. The second-order valence-corrected chi connectivity index (χ2v) is 6.54. The van der Waals surface area contributed by atoms with Crippen LogP contribution in [-0.4, -0.2) is 42.0 Å². The van der Waals surface area contributed by atoms with Crippen molar-refractivity contribution >= 4 is 33.1 Å². The average Bonchev–Trinajstić information content (AvgIpc) is 2.84. The third-order valence-corrected chi connectivity index (χ3v) is 5.26. The zero-order valence-corrected chi connectivity index (χ0v) is 12.9. The summed E-state index contributed by atoms with van der Waals surface area (Å²) >= 11 is 1.36. The van der Waals surface area contributed by atoms with Gasteiger partial charge in [0.2, 0.25) is 0 Å². The van der Waals surface area contributed by atoms with Crippen molar-refractivity contribution in [1.29, 1.82) is 0 Å². The van der Waals surface area contributed by atoms with E-state index >= 15 is 0 Å². The van der Waals surface area contributed by atoms with Gasteiger partial charge in [0.25, 0.3) is 5.91 Å². The molecule has 1 aliphatic heterocycles. The Morgan fingerprint density at radius 2 is 2.43 bits per heavy atom. The lowest BCUT2D eigenvalue weighted by atomic mass is 10.0. The predicted octanol–water partition coefficient (Wildman–Crippen LogP) is 2.09. The summed E-state index contributed by atoms with van der Waals surface area (Å²) in [5.41, 5.74) is 6.61. The Labute approximate surface area is 128 Å². The van der Waals surface area contributed by atoms with Gasteiger partial charge in [-0.2, -0.15) is 0 Å². The minimum absolute atomic E-state index is 0.0885. The Bertz CT molecular complexity index is 654. The van der Waals surface area contributed by atoms with Crippen molar-refractivity contribution in [2.45, 2.75) is 25.3 Å². The fourth-order valence-corrected chi connectivity index (χ4v) is 3.79. The van der Waals surface area contributed by atoms with Crippen molar-refractivity contribution in [3.63, 3.8) is 0 Å². The number of anilines is 1. The Morgan fingerprint density at radius 3 is 3.19 bits per heavy atom. The lowest BCUT2D eigenvalue weighted by Gasteiger charge is -2.32. The topological polar surface area (TPSA) is 71.2 Å².